The van der Waals surface area contributed by atoms with Crippen molar-refractivity contribution in [2.24, 2.45) is 0 Å². The summed E-state index contributed by atoms with van der Waals surface area (Å²) in [6.45, 7) is 4.35. The summed E-state index contributed by atoms with van der Waals surface area (Å²) in [6.07, 6.45) is 2.45. The minimum atomic E-state index is -0.468. The van der Waals surface area contributed by atoms with E-state index in [0.29, 0.717) is 23.7 Å². The van der Waals surface area contributed by atoms with Gasteiger partial charge in [0.1, 0.15) is 6.04 Å². The van der Waals surface area contributed by atoms with Crippen molar-refractivity contribution in [2.75, 3.05) is 6.54 Å². The van der Waals surface area contributed by atoms with Crippen LogP contribution in [0.5, 0.6) is 0 Å². The molecule has 0 radical (unpaired) electrons. The van der Waals surface area contributed by atoms with Crippen molar-refractivity contribution in [2.45, 2.75) is 45.2 Å². The number of nitrogens with one attached hydrogen (secondary N) is 1. The highest BCUT2D eigenvalue weighted by Gasteiger charge is 2.34. The lowest BCUT2D eigenvalue weighted by Crippen LogP contribution is -2.53. The summed E-state index contributed by atoms with van der Waals surface area (Å²) in [7, 11) is 0. The predicted octanol–water partition coefficient (Wildman–Crippen LogP) is 3.51. The van der Waals surface area contributed by atoms with Crippen LogP contribution in [0.2, 0.25) is 5.02 Å². The van der Waals surface area contributed by atoms with Crippen molar-refractivity contribution in [1.82, 2.24) is 15.4 Å². The minimum Gasteiger partial charge on any atom is -0.355 e. The second kappa shape index (κ2) is 7.91. The molecule has 1 fully saturated rings. The number of piperidine rings is 1. The van der Waals surface area contributed by atoms with Crippen molar-refractivity contribution >= 4 is 23.4 Å². The molecule has 0 saturated carbocycles. The van der Waals surface area contributed by atoms with Crippen LogP contribution in [-0.2, 0) is 4.79 Å². The molecule has 1 aromatic heterocycles. The van der Waals surface area contributed by atoms with Crippen LogP contribution in [-0.4, -0.2) is 40.5 Å². The van der Waals surface area contributed by atoms with Gasteiger partial charge in [-0.25, -0.2) is 0 Å². The van der Waals surface area contributed by atoms with E-state index in [-0.39, 0.29) is 23.6 Å². The van der Waals surface area contributed by atoms with Crippen LogP contribution in [0.4, 0.5) is 0 Å². The molecular formula is C19H22ClN3O3. The molecule has 1 aromatic carbocycles. The lowest BCUT2D eigenvalue weighted by Gasteiger charge is -2.34. The Morgan fingerprint density at radius 1 is 1.31 bits per heavy atom. The lowest BCUT2D eigenvalue weighted by atomic mass is 10.0. The Bertz CT molecular complexity index is 803. The first-order valence-corrected chi connectivity index (χ1v) is 9.17. The molecule has 1 saturated heterocycles. The number of halogens is 1. The molecule has 0 spiro atoms. The van der Waals surface area contributed by atoms with Gasteiger partial charge in [-0.1, -0.05) is 28.9 Å². The summed E-state index contributed by atoms with van der Waals surface area (Å²) >= 11 is 6.00. The first-order valence-electron chi connectivity index (χ1n) is 8.79. The first-order chi connectivity index (χ1) is 12.5. The number of benzene rings is 1. The Morgan fingerprint density at radius 2 is 2.12 bits per heavy atom. The number of aromatic nitrogens is 1. The SMILES string of the molecule is CC(C)NC(=O)[C@@H]1CCCCN1C(=O)c1cc(-c2cccc(Cl)c2)on1. The summed E-state index contributed by atoms with van der Waals surface area (Å²) in [4.78, 5) is 27.0. The topological polar surface area (TPSA) is 75.4 Å². The second-order valence-electron chi connectivity index (χ2n) is 6.76. The molecule has 0 unspecified atom stereocenters. The lowest BCUT2D eigenvalue weighted by molar-refractivity contribution is -0.127. The largest absolute Gasteiger partial charge is 0.355 e. The molecule has 2 aromatic rings. The van der Waals surface area contributed by atoms with Gasteiger partial charge < -0.3 is 14.7 Å². The van der Waals surface area contributed by atoms with Gasteiger partial charge in [-0.2, -0.15) is 0 Å². The maximum atomic E-state index is 12.9. The summed E-state index contributed by atoms with van der Waals surface area (Å²) in [5.74, 6) is 0.0632. The Kier molecular flexibility index (Phi) is 5.61. The zero-order valence-electron chi connectivity index (χ0n) is 14.9. The maximum absolute atomic E-state index is 12.9. The number of hydrogen-bond donors (Lipinski definition) is 1. The minimum absolute atomic E-state index is 0.0304. The molecule has 26 heavy (non-hydrogen) atoms. The van der Waals surface area contributed by atoms with Gasteiger partial charge in [-0.3, -0.25) is 9.59 Å². The fourth-order valence-corrected chi connectivity index (χ4v) is 3.32. The molecule has 1 aliphatic heterocycles. The molecule has 0 bridgehead atoms. The normalized spacial score (nSPS) is 17.4. The van der Waals surface area contributed by atoms with Crippen LogP contribution in [0.3, 0.4) is 0 Å². The highest BCUT2D eigenvalue weighted by atomic mass is 35.5. The van der Waals surface area contributed by atoms with Crippen LogP contribution in [0.15, 0.2) is 34.9 Å². The molecule has 0 aliphatic carbocycles. The van der Waals surface area contributed by atoms with Crippen LogP contribution in [0.25, 0.3) is 11.3 Å². The van der Waals surface area contributed by atoms with E-state index in [1.165, 1.54) is 0 Å². The number of nitrogens with zero attached hydrogens (tertiary/aromatic N) is 2. The summed E-state index contributed by atoms with van der Waals surface area (Å²) in [5, 5.41) is 7.38. The van der Waals surface area contributed by atoms with Gasteiger partial charge >= 0.3 is 0 Å². The van der Waals surface area contributed by atoms with Gasteiger partial charge in [-0.15, -0.1) is 0 Å². The van der Waals surface area contributed by atoms with E-state index in [1.807, 2.05) is 19.9 Å². The smallest absolute Gasteiger partial charge is 0.276 e. The molecule has 3 rings (SSSR count). The Morgan fingerprint density at radius 3 is 2.85 bits per heavy atom. The third-order valence-electron chi connectivity index (χ3n) is 4.34. The number of amides is 2. The molecule has 1 N–H and O–H groups in total. The Labute approximate surface area is 157 Å². The third-order valence-corrected chi connectivity index (χ3v) is 4.57. The highest BCUT2D eigenvalue weighted by Crippen LogP contribution is 2.25. The fraction of sp³-hybridized carbons (Fsp3) is 0.421. The van der Waals surface area contributed by atoms with Crippen LogP contribution in [0, 0.1) is 0 Å². The number of carbonyl (C=O) groups is 2. The van der Waals surface area contributed by atoms with Crippen molar-refractivity contribution in [3.63, 3.8) is 0 Å². The van der Waals surface area contributed by atoms with E-state index < -0.39 is 6.04 Å². The molecule has 1 aliphatic rings. The Balaban J connectivity index is 1.80. The van der Waals surface area contributed by atoms with Gasteiger partial charge in [0, 0.05) is 29.2 Å². The first kappa shape index (κ1) is 18.5. The van der Waals surface area contributed by atoms with Crippen LogP contribution in [0.1, 0.15) is 43.6 Å². The molecule has 7 heteroatoms. The van der Waals surface area contributed by atoms with E-state index in [0.717, 1.165) is 18.4 Å². The zero-order valence-corrected chi connectivity index (χ0v) is 15.6. The number of rotatable bonds is 4. The van der Waals surface area contributed by atoms with E-state index >= 15 is 0 Å². The van der Waals surface area contributed by atoms with E-state index in [2.05, 4.69) is 10.5 Å². The van der Waals surface area contributed by atoms with Gasteiger partial charge in [0.2, 0.25) is 5.91 Å². The quantitative estimate of drug-likeness (QED) is 0.887. The number of likely N-dealkylation sites (tertiary alicyclic amines) is 1. The molecule has 138 valence electrons. The Hall–Kier alpha value is -2.34. The van der Waals surface area contributed by atoms with Gasteiger partial charge in [0.25, 0.3) is 5.91 Å². The molecule has 2 amide bonds. The summed E-state index contributed by atoms with van der Waals surface area (Å²) < 4.78 is 5.32. The average molecular weight is 376 g/mol. The standard InChI is InChI=1S/C19H22ClN3O3/c1-12(2)21-18(24)16-8-3-4-9-23(16)19(25)15-11-17(26-22-15)13-6-5-7-14(20)10-13/h5-7,10-12,16H,3-4,8-9H2,1-2H3,(H,21,24)/t16-/m0/s1. The predicted molar refractivity (Wildman–Crippen MR) is 98.9 cm³/mol. The van der Waals surface area contributed by atoms with Crippen molar-refractivity contribution < 1.29 is 14.1 Å². The molecule has 2 heterocycles. The van der Waals surface area contributed by atoms with E-state index in [1.54, 1.807) is 29.2 Å². The third kappa shape index (κ3) is 4.07. The van der Waals surface area contributed by atoms with Crippen molar-refractivity contribution in [3.8, 4) is 11.3 Å². The van der Waals surface area contributed by atoms with Gasteiger partial charge in [-0.05, 0) is 45.2 Å². The molecular weight excluding hydrogens is 354 g/mol. The monoisotopic (exact) mass is 375 g/mol. The van der Waals surface area contributed by atoms with E-state index in [9.17, 15) is 9.59 Å². The fourth-order valence-electron chi connectivity index (χ4n) is 3.13. The highest BCUT2D eigenvalue weighted by molar-refractivity contribution is 6.30. The van der Waals surface area contributed by atoms with Crippen LogP contribution < -0.4 is 5.32 Å². The number of hydrogen-bond acceptors (Lipinski definition) is 4. The van der Waals surface area contributed by atoms with Crippen molar-refractivity contribution in [1.29, 1.82) is 0 Å². The van der Waals surface area contributed by atoms with E-state index in [4.69, 9.17) is 16.1 Å². The maximum Gasteiger partial charge on any atom is 0.276 e. The summed E-state index contributed by atoms with van der Waals surface area (Å²) in [6, 6.07) is 8.31. The molecule has 6 nitrogen and oxygen atoms in total. The number of carbonyl (C=O) groups excluding carboxylic acids is 2. The molecule has 1 atom stereocenters. The average Bonchev–Trinajstić information content (AvgIpc) is 3.10. The van der Waals surface area contributed by atoms with Gasteiger partial charge in [0.05, 0.1) is 0 Å². The van der Waals surface area contributed by atoms with Gasteiger partial charge in [0.15, 0.2) is 11.5 Å². The second-order valence-corrected chi connectivity index (χ2v) is 7.20. The zero-order chi connectivity index (χ0) is 18.7. The summed E-state index contributed by atoms with van der Waals surface area (Å²) in [5.41, 5.74) is 0.945. The van der Waals surface area contributed by atoms with Crippen LogP contribution >= 0.6 is 11.6 Å². The van der Waals surface area contributed by atoms with Crippen molar-refractivity contribution in [3.05, 3.63) is 41.0 Å².